The van der Waals surface area contributed by atoms with Gasteiger partial charge in [0, 0.05) is 0 Å². The molecule has 0 amide bonds. The highest BCUT2D eigenvalue weighted by Gasteiger charge is 2.65. The zero-order valence-corrected chi connectivity index (χ0v) is 46.0. The smallest absolute Gasteiger partial charge is 0.336 e. The fraction of sp³-hybridized carbons (Fsp3) is 0.933. The highest BCUT2D eigenvalue weighted by molar-refractivity contribution is 6.20. The lowest BCUT2D eigenvalue weighted by Gasteiger charge is -2.32. The molecule has 0 aromatic carbocycles. The first-order valence-electron chi connectivity index (χ1n) is 30.1. The van der Waals surface area contributed by atoms with E-state index in [1.165, 1.54) is 180 Å². The van der Waals surface area contributed by atoms with Crippen LogP contribution >= 0.6 is 0 Å². The molecule has 0 fully saturated rings. The van der Waals surface area contributed by atoms with Gasteiger partial charge in [0.25, 0.3) is 5.41 Å². The molecule has 1 unspecified atom stereocenters. The number of ether oxygens (including phenoxy) is 4. The van der Waals surface area contributed by atoms with Gasteiger partial charge in [-0.2, -0.15) is 0 Å². The van der Waals surface area contributed by atoms with Crippen molar-refractivity contribution in [2.24, 2.45) is 11.3 Å². The van der Waals surface area contributed by atoms with E-state index < -0.39 is 35.2 Å². The summed E-state index contributed by atoms with van der Waals surface area (Å²) < 4.78 is 23.4. The molecule has 0 radical (unpaired) electrons. The number of rotatable bonds is 54. The average Bonchev–Trinajstić information content (AvgIpc) is 3.34. The molecule has 0 N–H and O–H groups in total. The number of carbonyl (C=O) groups is 4. The molecule has 0 aliphatic carbocycles. The number of carbonyl (C=O) groups excluding carboxylic acids is 4. The normalized spacial score (nSPS) is 12.0. The molecule has 0 saturated carbocycles. The van der Waals surface area contributed by atoms with E-state index in [0.29, 0.717) is 25.7 Å². The maximum absolute atomic E-state index is 14.5. The number of hydrogen-bond donors (Lipinski definition) is 0. The molecule has 0 aliphatic rings. The van der Waals surface area contributed by atoms with Crippen LogP contribution in [0.15, 0.2) is 0 Å². The molecular formula is C60H114O8. The molecule has 0 aromatic rings. The molecule has 0 aromatic heterocycles. The van der Waals surface area contributed by atoms with E-state index >= 15 is 0 Å². The summed E-state index contributed by atoms with van der Waals surface area (Å²) in [6.45, 7) is 11.0. The van der Waals surface area contributed by atoms with E-state index in [2.05, 4.69) is 27.7 Å². The van der Waals surface area contributed by atoms with Gasteiger partial charge in [0.1, 0.15) is 0 Å². The first kappa shape index (κ1) is 65.9. The lowest BCUT2D eigenvalue weighted by atomic mass is 9.73. The molecule has 8 nitrogen and oxygen atoms in total. The van der Waals surface area contributed by atoms with Crippen LogP contribution in [0.3, 0.4) is 0 Å². The predicted molar refractivity (Wildman–Crippen MR) is 286 cm³/mol. The first-order chi connectivity index (χ1) is 33.4. The van der Waals surface area contributed by atoms with Crippen LogP contribution in [-0.2, 0) is 38.1 Å². The van der Waals surface area contributed by atoms with Crippen molar-refractivity contribution in [3.8, 4) is 0 Å². The molecule has 0 spiro atoms. The van der Waals surface area contributed by atoms with Gasteiger partial charge in [-0.15, -0.1) is 0 Å². The van der Waals surface area contributed by atoms with E-state index in [0.717, 1.165) is 77.0 Å². The Balaban J connectivity index is 5.81. The Morgan fingerprint density at radius 1 is 0.265 bits per heavy atom. The zero-order valence-electron chi connectivity index (χ0n) is 46.0. The van der Waals surface area contributed by atoms with Crippen LogP contribution in [0.5, 0.6) is 0 Å². The third-order valence-corrected chi connectivity index (χ3v) is 14.1. The summed E-state index contributed by atoms with van der Waals surface area (Å²) in [5, 5.41) is 0. The fourth-order valence-corrected chi connectivity index (χ4v) is 9.50. The van der Waals surface area contributed by atoms with Crippen molar-refractivity contribution in [1.29, 1.82) is 0 Å². The quantitative estimate of drug-likeness (QED) is 0.0257. The molecule has 0 rings (SSSR count). The average molecular weight is 964 g/mol. The summed E-state index contributed by atoms with van der Waals surface area (Å²) in [5.41, 5.74) is -2.59. The number of unbranched alkanes of at least 4 members (excludes halogenated alkanes) is 40. The van der Waals surface area contributed by atoms with Crippen molar-refractivity contribution in [3.63, 3.8) is 0 Å². The van der Waals surface area contributed by atoms with E-state index in [4.69, 9.17) is 18.9 Å². The van der Waals surface area contributed by atoms with Crippen molar-refractivity contribution < 1.29 is 38.1 Å². The van der Waals surface area contributed by atoms with Crippen LogP contribution in [0, 0.1) is 11.3 Å². The van der Waals surface area contributed by atoms with Gasteiger partial charge in [-0.1, -0.05) is 291 Å². The van der Waals surface area contributed by atoms with Gasteiger partial charge >= 0.3 is 23.9 Å². The van der Waals surface area contributed by atoms with E-state index in [1.807, 2.05) is 0 Å². The lowest BCUT2D eigenvalue weighted by molar-refractivity contribution is -0.195. The Kier molecular flexibility index (Phi) is 49.6. The van der Waals surface area contributed by atoms with E-state index in [-0.39, 0.29) is 32.8 Å². The number of hydrogen-bond acceptors (Lipinski definition) is 8. The maximum Gasteiger partial charge on any atom is 0.336 e. The fourth-order valence-electron chi connectivity index (χ4n) is 9.50. The summed E-state index contributed by atoms with van der Waals surface area (Å²) >= 11 is 0. The number of esters is 4. The Morgan fingerprint density at radius 3 is 0.632 bits per heavy atom. The molecule has 1 atom stereocenters. The maximum atomic E-state index is 14.5. The molecule has 8 heteroatoms. The standard InChI is InChI=1S/C60H114O8/c1-6-11-15-19-23-27-31-35-39-43-47-51-65-56(61)55(10-5)60(57(62)66-52-48-44-40-36-32-28-24-20-16-12-7-2,58(63)67-53-49-45-41-37-33-29-25-21-17-13-8-3)59(64)68-54-50-46-42-38-34-30-26-22-18-14-9-4/h55H,6-54H2,1-5H3. The summed E-state index contributed by atoms with van der Waals surface area (Å²) in [4.78, 5) is 57.6. The monoisotopic (exact) mass is 963 g/mol. The van der Waals surface area contributed by atoms with Gasteiger partial charge in [-0.25, -0.2) is 0 Å². The molecule has 0 aliphatic heterocycles. The van der Waals surface area contributed by atoms with Crippen molar-refractivity contribution in [2.75, 3.05) is 26.4 Å². The molecule has 0 bridgehead atoms. The van der Waals surface area contributed by atoms with Crippen molar-refractivity contribution in [2.45, 2.75) is 324 Å². The Morgan fingerprint density at radius 2 is 0.441 bits per heavy atom. The predicted octanol–water partition coefficient (Wildman–Crippen LogP) is 18.4. The minimum absolute atomic E-state index is 0.0196. The van der Waals surface area contributed by atoms with Crippen LogP contribution in [-0.4, -0.2) is 50.3 Å². The molecule has 0 saturated heterocycles. The zero-order chi connectivity index (χ0) is 49.9. The summed E-state index contributed by atoms with van der Waals surface area (Å²) in [6, 6.07) is 0. The second kappa shape index (κ2) is 51.2. The van der Waals surface area contributed by atoms with Gasteiger partial charge < -0.3 is 18.9 Å². The topological polar surface area (TPSA) is 105 Å². The minimum atomic E-state index is -2.59. The van der Waals surface area contributed by atoms with Crippen LogP contribution in [0.25, 0.3) is 0 Å². The van der Waals surface area contributed by atoms with Gasteiger partial charge in [0.05, 0.1) is 32.3 Å². The summed E-state index contributed by atoms with van der Waals surface area (Å²) in [6.07, 6.45) is 50.6. The van der Waals surface area contributed by atoms with Crippen molar-refractivity contribution in [3.05, 3.63) is 0 Å². The SMILES string of the molecule is CCCCCCCCCCCCCOC(=O)C(CC)C(C(=O)OCCCCCCCCCCCCC)(C(=O)OCCCCCCCCCCCCC)C(=O)OCCCCCCCCCCCCC. The van der Waals surface area contributed by atoms with Crippen LogP contribution in [0.2, 0.25) is 0 Å². The van der Waals surface area contributed by atoms with E-state index in [9.17, 15) is 19.2 Å². The highest BCUT2D eigenvalue weighted by atomic mass is 16.6. The van der Waals surface area contributed by atoms with Crippen LogP contribution in [0.4, 0.5) is 0 Å². The van der Waals surface area contributed by atoms with Crippen LogP contribution < -0.4 is 0 Å². The largest absolute Gasteiger partial charge is 0.465 e. The Bertz CT molecular complexity index is 1020. The van der Waals surface area contributed by atoms with E-state index in [1.54, 1.807) is 6.92 Å². The van der Waals surface area contributed by atoms with Gasteiger partial charge in [-0.05, 0) is 32.1 Å². The van der Waals surface area contributed by atoms with Gasteiger partial charge in [-0.3, -0.25) is 19.2 Å². The van der Waals surface area contributed by atoms with Crippen molar-refractivity contribution >= 4 is 23.9 Å². The first-order valence-corrected chi connectivity index (χ1v) is 30.1. The van der Waals surface area contributed by atoms with Gasteiger partial charge in [0.15, 0.2) is 0 Å². The molecule has 402 valence electrons. The third-order valence-electron chi connectivity index (χ3n) is 14.1. The third kappa shape index (κ3) is 35.9. The summed E-state index contributed by atoms with van der Waals surface area (Å²) in [7, 11) is 0. The summed E-state index contributed by atoms with van der Waals surface area (Å²) in [5.74, 6) is -5.30. The lowest BCUT2D eigenvalue weighted by Crippen LogP contribution is -2.57. The van der Waals surface area contributed by atoms with Crippen molar-refractivity contribution in [1.82, 2.24) is 0 Å². The second-order valence-electron chi connectivity index (χ2n) is 20.5. The minimum Gasteiger partial charge on any atom is -0.465 e. The Labute approximate surface area is 421 Å². The molecule has 0 heterocycles. The molecular weight excluding hydrogens is 849 g/mol. The second-order valence-corrected chi connectivity index (χ2v) is 20.5. The van der Waals surface area contributed by atoms with Crippen LogP contribution in [0.1, 0.15) is 324 Å². The highest BCUT2D eigenvalue weighted by Crippen LogP contribution is 2.37. The molecule has 68 heavy (non-hydrogen) atoms. The van der Waals surface area contributed by atoms with Gasteiger partial charge in [0.2, 0.25) is 0 Å². The Hall–Kier alpha value is -2.12.